The molecule has 5 aromatic rings. The molecule has 3 aromatic carbocycles. The van der Waals surface area contributed by atoms with Crippen LogP contribution in [0.3, 0.4) is 0 Å². The van der Waals surface area contributed by atoms with Crippen LogP contribution in [0.25, 0.3) is 11.0 Å². The molecule has 5 nitrogen and oxygen atoms in total. The molecular weight excluding hydrogens is 451 g/mol. The zero-order chi connectivity index (χ0) is 23.5. The summed E-state index contributed by atoms with van der Waals surface area (Å²) < 4.78 is 25.0. The lowest BCUT2D eigenvalue weighted by Gasteiger charge is -2.07. The van der Waals surface area contributed by atoms with Crippen molar-refractivity contribution in [2.24, 2.45) is 0 Å². The number of fused-ring (bicyclic) bond motifs is 1. The van der Waals surface area contributed by atoms with Crippen LogP contribution in [0.2, 0.25) is 0 Å². The van der Waals surface area contributed by atoms with Crippen molar-refractivity contribution < 1.29 is 18.3 Å². The molecule has 0 bridgehead atoms. The molecule has 0 aliphatic heterocycles. The van der Waals surface area contributed by atoms with Crippen molar-refractivity contribution in [3.63, 3.8) is 0 Å². The zero-order valence-corrected chi connectivity index (χ0v) is 19.2. The molecule has 2 aromatic heterocycles. The van der Waals surface area contributed by atoms with Crippen LogP contribution in [0.4, 0.5) is 9.52 Å². The number of nitrogens with one attached hydrogen (secondary N) is 1. The maximum atomic E-state index is 13.1. The summed E-state index contributed by atoms with van der Waals surface area (Å²) in [5.41, 5.74) is 3.40. The first kappa shape index (κ1) is 21.9. The number of nitrogens with zero attached hydrogens (tertiary/aromatic N) is 1. The summed E-state index contributed by atoms with van der Waals surface area (Å²) in [5.74, 6) is 0.256. The highest BCUT2D eigenvalue weighted by Crippen LogP contribution is 2.29. The number of carbonyl (C=O) groups is 1. The van der Waals surface area contributed by atoms with Crippen molar-refractivity contribution in [2.75, 3.05) is 5.32 Å². The molecule has 0 saturated heterocycles. The Hall–Kier alpha value is -3.97. The van der Waals surface area contributed by atoms with Crippen LogP contribution in [0.5, 0.6) is 5.75 Å². The first-order chi connectivity index (χ1) is 16.5. The SMILES string of the molecule is Cc1ccc(OCc2c(C(=O)Nc3ncc(Cc4ccc(F)cc4)s3)oc3ccccc23)cc1. The Balaban J connectivity index is 1.34. The first-order valence-corrected chi connectivity index (χ1v) is 11.6. The number of para-hydroxylation sites is 1. The topological polar surface area (TPSA) is 64.4 Å². The van der Waals surface area contributed by atoms with E-state index < -0.39 is 0 Å². The number of amides is 1. The number of halogens is 1. The monoisotopic (exact) mass is 472 g/mol. The Morgan fingerprint density at radius 3 is 2.62 bits per heavy atom. The molecule has 0 atom stereocenters. The molecule has 170 valence electrons. The van der Waals surface area contributed by atoms with Crippen molar-refractivity contribution in [1.82, 2.24) is 4.98 Å². The number of aromatic nitrogens is 1. The molecule has 0 saturated carbocycles. The van der Waals surface area contributed by atoms with E-state index in [-0.39, 0.29) is 24.1 Å². The highest BCUT2D eigenvalue weighted by molar-refractivity contribution is 7.15. The van der Waals surface area contributed by atoms with Gasteiger partial charge in [0.2, 0.25) is 0 Å². The fourth-order valence-corrected chi connectivity index (χ4v) is 4.46. The normalized spacial score (nSPS) is 11.0. The average molecular weight is 473 g/mol. The van der Waals surface area contributed by atoms with E-state index >= 15 is 0 Å². The minimum Gasteiger partial charge on any atom is -0.489 e. The molecular formula is C27H21FN2O3S. The van der Waals surface area contributed by atoms with E-state index in [1.807, 2.05) is 55.5 Å². The molecule has 7 heteroatoms. The van der Waals surface area contributed by atoms with Crippen LogP contribution < -0.4 is 10.1 Å². The Morgan fingerprint density at radius 2 is 1.82 bits per heavy atom. The summed E-state index contributed by atoms with van der Waals surface area (Å²) >= 11 is 1.37. The van der Waals surface area contributed by atoms with Gasteiger partial charge >= 0.3 is 0 Å². The van der Waals surface area contributed by atoms with E-state index in [0.717, 1.165) is 21.4 Å². The van der Waals surface area contributed by atoms with Gasteiger partial charge in [0.05, 0.1) is 0 Å². The second kappa shape index (κ2) is 9.49. The van der Waals surface area contributed by atoms with Gasteiger partial charge < -0.3 is 9.15 Å². The number of anilines is 1. The second-order valence-corrected chi connectivity index (χ2v) is 9.01. The van der Waals surface area contributed by atoms with Gasteiger partial charge in [-0.1, -0.05) is 48.0 Å². The molecule has 0 aliphatic rings. The summed E-state index contributed by atoms with van der Waals surface area (Å²) in [6.45, 7) is 2.20. The number of aryl methyl sites for hydroxylation is 1. The average Bonchev–Trinajstić information content (AvgIpc) is 3.44. The molecule has 0 fully saturated rings. The predicted octanol–water partition coefficient (Wildman–Crippen LogP) is 6.76. The smallest absolute Gasteiger partial charge is 0.293 e. The molecule has 0 spiro atoms. The third-order valence-corrected chi connectivity index (χ3v) is 6.29. The summed E-state index contributed by atoms with van der Waals surface area (Å²) in [6.07, 6.45) is 2.32. The predicted molar refractivity (Wildman–Crippen MR) is 131 cm³/mol. The number of ether oxygens (including phenoxy) is 1. The summed E-state index contributed by atoms with van der Waals surface area (Å²) in [6, 6.07) is 21.6. The van der Waals surface area contributed by atoms with Crippen LogP contribution >= 0.6 is 11.3 Å². The number of hydrogen-bond donors (Lipinski definition) is 1. The van der Waals surface area contributed by atoms with E-state index in [9.17, 15) is 9.18 Å². The summed E-state index contributed by atoms with van der Waals surface area (Å²) in [4.78, 5) is 18.4. The molecule has 0 unspecified atom stereocenters. The largest absolute Gasteiger partial charge is 0.489 e. The van der Waals surface area contributed by atoms with E-state index in [1.165, 1.54) is 23.5 Å². The van der Waals surface area contributed by atoms with Crippen molar-refractivity contribution in [2.45, 2.75) is 20.0 Å². The Bertz CT molecular complexity index is 1440. The van der Waals surface area contributed by atoms with Gasteiger partial charge in [-0.25, -0.2) is 9.37 Å². The van der Waals surface area contributed by atoms with Gasteiger partial charge in [-0.05, 0) is 42.8 Å². The lowest BCUT2D eigenvalue weighted by molar-refractivity contribution is 0.0995. The minimum atomic E-state index is -0.388. The van der Waals surface area contributed by atoms with Gasteiger partial charge in [-0.3, -0.25) is 10.1 Å². The van der Waals surface area contributed by atoms with Crippen LogP contribution in [0.15, 0.2) is 83.4 Å². The van der Waals surface area contributed by atoms with Crippen LogP contribution in [-0.2, 0) is 13.0 Å². The van der Waals surface area contributed by atoms with Gasteiger partial charge in [-0.2, -0.15) is 0 Å². The number of carbonyl (C=O) groups excluding carboxylic acids is 1. The second-order valence-electron chi connectivity index (χ2n) is 7.90. The van der Waals surface area contributed by atoms with Gasteiger partial charge in [0.25, 0.3) is 5.91 Å². The van der Waals surface area contributed by atoms with Crippen LogP contribution in [-0.4, -0.2) is 10.9 Å². The Kier molecular flexibility index (Phi) is 6.10. The Morgan fingerprint density at radius 1 is 1.06 bits per heavy atom. The summed E-state index contributed by atoms with van der Waals surface area (Å²) in [7, 11) is 0. The van der Waals surface area contributed by atoms with Crippen molar-refractivity contribution in [3.05, 3.63) is 112 Å². The molecule has 1 amide bonds. The van der Waals surface area contributed by atoms with E-state index in [2.05, 4.69) is 10.3 Å². The van der Waals surface area contributed by atoms with Gasteiger partial charge in [0, 0.05) is 28.4 Å². The van der Waals surface area contributed by atoms with E-state index in [1.54, 1.807) is 18.3 Å². The summed E-state index contributed by atoms with van der Waals surface area (Å²) in [5, 5.41) is 4.13. The Labute approximate surface area is 199 Å². The van der Waals surface area contributed by atoms with Crippen LogP contribution in [0.1, 0.15) is 32.1 Å². The van der Waals surface area contributed by atoms with Crippen molar-refractivity contribution >= 4 is 33.3 Å². The molecule has 1 N–H and O–H groups in total. The van der Waals surface area contributed by atoms with Crippen molar-refractivity contribution in [3.8, 4) is 5.75 Å². The standard InChI is InChI=1S/C27H21FN2O3S/c1-17-6-12-20(13-7-17)32-16-23-22-4-2-3-5-24(22)33-25(23)26(31)30-27-29-15-21(34-27)14-18-8-10-19(28)11-9-18/h2-13,15H,14,16H2,1H3,(H,29,30,31). The highest BCUT2D eigenvalue weighted by atomic mass is 32.1. The molecule has 0 radical (unpaired) electrons. The van der Waals surface area contributed by atoms with Gasteiger partial charge in [0.1, 0.15) is 23.8 Å². The molecule has 5 rings (SSSR count). The van der Waals surface area contributed by atoms with Crippen molar-refractivity contribution in [1.29, 1.82) is 0 Å². The third-order valence-electron chi connectivity index (χ3n) is 5.37. The maximum absolute atomic E-state index is 13.1. The zero-order valence-electron chi connectivity index (χ0n) is 18.4. The maximum Gasteiger partial charge on any atom is 0.293 e. The molecule has 0 aliphatic carbocycles. The van der Waals surface area contributed by atoms with E-state index in [4.69, 9.17) is 9.15 Å². The number of thiazole rings is 1. The molecule has 34 heavy (non-hydrogen) atoms. The highest BCUT2D eigenvalue weighted by Gasteiger charge is 2.22. The van der Waals surface area contributed by atoms with Crippen LogP contribution in [0, 0.1) is 12.7 Å². The number of benzene rings is 3. The lowest BCUT2D eigenvalue weighted by Crippen LogP contribution is -2.13. The quantitative estimate of drug-likeness (QED) is 0.284. The third kappa shape index (κ3) is 4.84. The van der Waals surface area contributed by atoms with E-state index in [0.29, 0.717) is 28.4 Å². The first-order valence-electron chi connectivity index (χ1n) is 10.8. The number of rotatable bonds is 7. The molecule has 2 heterocycles. The number of furan rings is 1. The minimum absolute atomic E-state index is 0.191. The van der Waals surface area contributed by atoms with Gasteiger partial charge in [0.15, 0.2) is 10.9 Å². The number of hydrogen-bond acceptors (Lipinski definition) is 5. The lowest BCUT2D eigenvalue weighted by atomic mass is 10.1. The fourth-order valence-electron chi connectivity index (χ4n) is 3.62. The fraction of sp³-hybridized carbons (Fsp3) is 0.111. The van der Waals surface area contributed by atoms with Gasteiger partial charge in [-0.15, -0.1) is 11.3 Å².